The van der Waals surface area contributed by atoms with Gasteiger partial charge in [0.25, 0.3) is 0 Å². The van der Waals surface area contributed by atoms with E-state index in [9.17, 15) is 8.42 Å². The highest BCUT2D eigenvalue weighted by atomic mass is 32.2. The van der Waals surface area contributed by atoms with Crippen molar-refractivity contribution in [3.63, 3.8) is 0 Å². The van der Waals surface area contributed by atoms with Gasteiger partial charge in [0, 0.05) is 6.04 Å². The van der Waals surface area contributed by atoms with Crippen LogP contribution in [-0.2, 0) is 10.0 Å². The van der Waals surface area contributed by atoms with Gasteiger partial charge >= 0.3 is 0 Å². The van der Waals surface area contributed by atoms with Gasteiger partial charge in [0.1, 0.15) is 0 Å². The summed E-state index contributed by atoms with van der Waals surface area (Å²) < 4.78 is 24.6. The summed E-state index contributed by atoms with van der Waals surface area (Å²) in [5.41, 5.74) is 0. The first-order valence-electron chi connectivity index (χ1n) is 4.96. The predicted molar refractivity (Wildman–Crippen MR) is 54.0 cm³/mol. The Morgan fingerprint density at radius 3 is 2.23 bits per heavy atom. The summed E-state index contributed by atoms with van der Waals surface area (Å²) in [6.07, 6.45) is 7.38. The SMILES string of the molecule is CC(NS(C)(=O)=O)C1CCCCC1. The number of rotatable bonds is 3. The van der Waals surface area contributed by atoms with Crippen LogP contribution in [0.3, 0.4) is 0 Å². The summed E-state index contributed by atoms with van der Waals surface area (Å²) in [4.78, 5) is 0. The van der Waals surface area contributed by atoms with Crippen LogP contribution < -0.4 is 4.72 Å². The number of nitrogens with one attached hydrogen (secondary N) is 1. The maximum absolute atomic E-state index is 11.0. The summed E-state index contributed by atoms with van der Waals surface area (Å²) in [5, 5.41) is 0. The molecule has 1 fully saturated rings. The number of hydrogen-bond acceptors (Lipinski definition) is 2. The van der Waals surface area contributed by atoms with Crippen molar-refractivity contribution in [2.75, 3.05) is 6.26 Å². The zero-order chi connectivity index (χ0) is 9.90. The highest BCUT2D eigenvalue weighted by Crippen LogP contribution is 2.26. The van der Waals surface area contributed by atoms with Crippen LogP contribution in [0.5, 0.6) is 0 Å². The highest BCUT2D eigenvalue weighted by molar-refractivity contribution is 7.88. The van der Waals surface area contributed by atoms with Crippen LogP contribution in [0.15, 0.2) is 0 Å². The molecule has 0 aromatic carbocycles. The predicted octanol–water partition coefficient (Wildman–Crippen LogP) is 1.50. The normalized spacial score (nSPS) is 22.9. The van der Waals surface area contributed by atoms with E-state index in [1.807, 2.05) is 6.92 Å². The monoisotopic (exact) mass is 205 g/mol. The number of hydrogen-bond donors (Lipinski definition) is 1. The van der Waals surface area contributed by atoms with E-state index >= 15 is 0 Å². The Bertz CT molecular complexity index is 242. The van der Waals surface area contributed by atoms with Crippen molar-refractivity contribution in [2.24, 2.45) is 5.92 Å². The topological polar surface area (TPSA) is 46.2 Å². The first kappa shape index (κ1) is 11.0. The van der Waals surface area contributed by atoms with Crippen molar-refractivity contribution in [1.29, 1.82) is 0 Å². The van der Waals surface area contributed by atoms with Crippen molar-refractivity contribution < 1.29 is 8.42 Å². The molecule has 1 saturated carbocycles. The Hall–Kier alpha value is -0.0900. The smallest absolute Gasteiger partial charge is 0.208 e. The number of sulfonamides is 1. The third kappa shape index (κ3) is 4.09. The van der Waals surface area contributed by atoms with E-state index in [1.165, 1.54) is 38.4 Å². The Balaban J connectivity index is 2.42. The van der Waals surface area contributed by atoms with Crippen LogP contribution in [0.1, 0.15) is 39.0 Å². The van der Waals surface area contributed by atoms with Gasteiger partial charge in [-0.3, -0.25) is 0 Å². The molecule has 0 saturated heterocycles. The quantitative estimate of drug-likeness (QED) is 0.759. The van der Waals surface area contributed by atoms with Crippen molar-refractivity contribution in [1.82, 2.24) is 4.72 Å². The molecule has 1 aliphatic rings. The summed E-state index contributed by atoms with van der Waals surface area (Å²) in [6, 6.07) is 0.107. The van der Waals surface area contributed by atoms with Crippen LogP contribution >= 0.6 is 0 Å². The van der Waals surface area contributed by atoms with E-state index in [1.54, 1.807) is 0 Å². The maximum Gasteiger partial charge on any atom is 0.208 e. The summed E-state index contributed by atoms with van der Waals surface area (Å²) >= 11 is 0. The maximum atomic E-state index is 11.0. The lowest BCUT2D eigenvalue weighted by atomic mass is 9.85. The van der Waals surface area contributed by atoms with Crippen LogP contribution in [0, 0.1) is 5.92 Å². The molecule has 0 heterocycles. The molecule has 1 N–H and O–H groups in total. The Kier molecular flexibility index (Phi) is 3.74. The fourth-order valence-corrected chi connectivity index (χ4v) is 2.94. The molecule has 3 nitrogen and oxygen atoms in total. The van der Waals surface area contributed by atoms with Gasteiger partial charge in [-0.1, -0.05) is 19.3 Å². The molecule has 0 aromatic heterocycles. The van der Waals surface area contributed by atoms with Gasteiger partial charge < -0.3 is 0 Å². The zero-order valence-corrected chi connectivity index (χ0v) is 9.23. The van der Waals surface area contributed by atoms with E-state index in [0.717, 1.165) is 0 Å². The second kappa shape index (κ2) is 4.42. The zero-order valence-electron chi connectivity index (χ0n) is 8.41. The van der Waals surface area contributed by atoms with Crippen molar-refractivity contribution in [3.8, 4) is 0 Å². The fraction of sp³-hybridized carbons (Fsp3) is 1.00. The van der Waals surface area contributed by atoms with E-state index in [2.05, 4.69) is 4.72 Å². The van der Waals surface area contributed by atoms with Crippen LogP contribution in [0.2, 0.25) is 0 Å². The second-order valence-corrected chi connectivity index (χ2v) is 5.86. The van der Waals surface area contributed by atoms with E-state index in [-0.39, 0.29) is 6.04 Å². The molecule has 1 rings (SSSR count). The average Bonchev–Trinajstić information content (AvgIpc) is 2.03. The molecule has 0 amide bonds. The molecule has 0 spiro atoms. The molecule has 0 bridgehead atoms. The van der Waals surface area contributed by atoms with Gasteiger partial charge in [-0.05, 0) is 25.7 Å². The minimum Gasteiger partial charge on any atom is -0.213 e. The van der Waals surface area contributed by atoms with Gasteiger partial charge in [0.2, 0.25) is 10.0 Å². The fourth-order valence-electron chi connectivity index (χ4n) is 2.07. The molecule has 0 aromatic rings. The lowest BCUT2D eigenvalue weighted by Gasteiger charge is -2.27. The minimum absolute atomic E-state index is 0.107. The summed E-state index contributed by atoms with van der Waals surface area (Å²) in [5.74, 6) is 0.545. The largest absolute Gasteiger partial charge is 0.213 e. The van der Waals surface area contributed by atoms with Gasteiger partial charge in [-0.25, -0.2) is 13.1 Å². The third-order valence-electron chi connectivity index (χ3n) is 2.76. The molecular weight excluding hydrogens is 186 g/mol. The van der Waals surface area contributed by atoms with E-state index in [0.29, 0.717) is 5.92 Å². The second-order valence-electron chi connectivity index (χ2n) is 4.08. The Morgan fingerprint density at radius 1 is 1.23 bits per heavy atom. The summed E-state index contributed by atoms with van der Waals surface area (Å²) in [6.45, 7) is 1.97. The molecule has 4 heteroatoms. The van der Waals surface area contributed by atoms with E-state index in [4.69, 9.17) is 0 Å². The van der Waals surface area contributed by atoms with Crippen molar-refractivity contribution >= 4 is 10.0 Å². The molecule has 78 valence electrons. The van der Waals surface area contributed by atoms with Crippen LogP contribution in [0.4, 0.5) is 0 Å². The lowest BCUT2D eigenvalue weighted by molar-refractivity contribution is 0.303. The van der Waals surface area contributed by atoms with Gasteiger partial charge in [-0.2, -0.15) is 0 Å². The third-order valence-corrected chi connectivity index (χ3v) is 3.56. The Morgan fingerprint density at radius 2 is 1.77 bits per heavy atom. The molecular formula is C9H19NO2S. The molecule has 1 unspecified atom stereocenters. The molecule has 0 aliphatic heterocycles. The molecule has 0 radical (unpaired) electrons. The summed E-state index contributed by atoms with van der Waals surface area (Å²) in [7, 11) is -3.02. The standard InChI is InChI=1S/C9H19NO2S/c1-8(10-13(2,11)12)9-6-4-3-5-7-9/h8-10H,3-7H2,1-2H3. The van der Waals surface area contributed by atoms with Gasteiger partial charge in [0.15, 0.2) is 0 Å². The first-order valence-corrected chi connectivity index (χ1v) is 6.85. The highest BCUT2D eigenvalue weighted by Gasteiger charge is 2.21. The molecule has 1 atom stereocenters. The van der Waals surface area contributed by atoms with Gasteiger partial charge in [-0.15, -0.1) is 0 Å². The van der Waals surface area contributed by atoms with E-state index < -0.39 is 10.0 Å². The van der Waals surface area contributed by atoms with Crippen LogP contribution in [-0.4, -0.2) is 20.7 Å². The lowest BCUT2D eigenvalue weighted by Crippen LogP contribution is -2.38. The molecule has 1 aliphatic carbocycles. The van der Waals surface area contributed by atoms with Crippen molar-refractivity contribution in [3.05, 3.63) is 0 Å². The minimum atomic E-state index is -3.02. The van der Waals surface area contributed by atoms with Crippen LogP contribution in [0.25, 0.3) is 0 Å². The van der Waals surface area contributed by atoms with Gasteiger partial charge in [0.05, 0.1) is 6.26 Å². The van der Waals surface area contributed by atoms with Crippen molar-refractivity contribution in [2.45, 2.75) is 45.1 Å². The average molecular weight is 205 g/mol. The first-order chi connectivity index (χ1) is 5.99. The Labute approximate surface area is 81.0 Å². The molecule has 13 heavy (non-hydrogen) atoms.